The Morgan fingerprint density at radius 2 is 2.29 bits per heavy atom. The van der Waals surface area contributed by atoms with E-state index in [-0.39, 0.29) is 12.5 Å². The molecule has 4 heteroatoms. The molecule has 1 aliphatic rings. The number of aliphatic hydroxyl groups excluding tert-OH is 1. The minimum atomic E-state index is -0.491. The third-order valence-corrected chi connectivity index (χ3v) is 2.02. The van der Waals surface area contributed by atoms with Crippen LogP contribution in [0, 0.1) is 5.82 Å². The van der Waals surface area contributed by atoms with E-state index >= 15 is 0 Å². The van der Waals surface area contributed by atoms with Gasteiger partial charge in [0.1, 0.15) is 0 Å². The van der Waals surface area contributed by atoms with Crippen molar-refractivity contribution in [2.75, 3.05) is 6.79 Å². The van der Waals surface area contributed by atoms with Crippen molar-refractivity contribution < 1.29 is 19.0 Å². The maximum Gasteiger partial charge on any atom is 0.231 e. The van der Waals surface area contributed by atoms with Crippen LogP contribution in [0.25, 0.3) is 0 Å². The lowest BCUT2D eigenvalue weighted by Crippen LogP contribution is -2.04. The highest BCUT2D eigenvalue weighted by molar-refractivity contribution is 5.45. The van der Waals surface area contributed by atoms with Crippen LogP contribution in [0.3, 0.4) is 0 Å². The second kappa shape index (κ2) is 3.46. The molecule has 1 aromatic carbocycles. The van der Waals surface area contributed by atoms with Gasteiger partial charge in [-0.3, -0.25) is 0 Å². The van der Waals surface area contributed by atoms with Gasteiger partial charge < -0.3 is 14.6 Å². The molecule has 0 bridgehead atoms. The van der Waals surface area contributed by atoms with Crippen LogP contribution in [0.2, 0.25) is 0 Å². The van der Waals surface area contributed by atoms with Crippen molar-refractivity contribution in [3.8, 4) is 11.5 Å². The third kappa shape index (κ3) is 1.65. The minimum Gasteiger partial charge on any atom is -0.453 e. The van der Waals surface area contributed by atoms with Crippen molar-refractivity contribution in [3.63, 3.8) is 0 Å². The number of hydrogen-bond acceptors (Lipinski definition) is 3. The first-order valence-electron chi connectivity index (χ1n) is 4.43. The van der Waals surface area contributed by atoms with Gasteiger partial charge in [0, 0.05) is 0 Å². The lowest BCUT2D eigenvalue weighted by molar-refractivity contribution is 0.171. The van der Waals surface area contributed by atoms with Gasteiger partial charge in [-0.25, -0.2) is 4.39 Å². The van der Waals surface area contributed by atoms with Gasteiger partial charge in [0.25, 0.3) is 0 Å². The molecule has 0 radical (unpaired) electrons. The SMILES string of the molecule is CC(O)Cc1cc(F)c2c(c1)OCO2. The summed E-state index contributed by atoms with van der Waals surface area (Å²) in [5.41, 5.74) is 0.710. The zero-order chi connectivity index (χ0) is 10.1. The lowest BCUT2D eigenvalue weighted by atomic mass is 10.1. The second-order valence-electron chi connectivity index (χ2n) is 3.36. The van der Waals surface area contributed by atoms with Gasteiger partial charge >= 0.3 is 0 Å². The summed E-state index contributed by atoms with van der Waals surface area (Å²) in [6, 6.07) is 3.05. The Kier molecular flexibility index (Phi) is 2.29. The molecule has 1 heterocycles. The number of aliphatic hydroxyl groups is 1. The van der Waals surface area contributed by atoms with Gasteiger partial charge in [0.2, 0.25) is 12.5 Å². The molecular weight excluding hydrogens is 187 g/mol. The van der Waals surface area contributed by atoms with Crippen LogP contribution < -0.4 is 9.47 Å². The number of fused-ring (bicyclic) bond motifs is 1. The van der Waals surface area contributed by atoms with Crippen LogP contribution in [-0.4, -0.2) is 18.0 Å². The molecule has 0 aromatic heterocycles. The summed E-state index contributed by atoms with van der Waals surface area (Å²) in [5.74, 6) is 0.149. The van der Waals surface area contributed by atoms with Gasteiger partial charge in [0.05, 0.1) is 6.10 Å². The summed E-state index contributed by atoms with van der Waals surface area (Å²) in [7, 11) is 0. The molecule has 2 rings (SSSR count). The molecule has 1 aromatic rings. The van der Waals surface area contributed by atoms with Crippen LogP contribution in [-0.2, 0) is 6.42 Å². The highest BCUT2D eigenvalue weighted by Gasteiger charge is 2.19. The van der Waals surface area contributed by atoms with Crippen molar-refractivity contribution in [2.45, 2.75) is 19.4 Å². The average Bonchev–Trinajstić information content (AvgIpc) is 2.50. The Labute approximate surface area is 81.1 Å². The van der Waals surface area contributed by atoms with Gasteiger partial charge in [-0.05, 0) is 31.0 Å². The third-order valence-electron chi connectivity index (χ3n) is 2.02. The Morgan fingerprint density at radius 3 is 3.00 bits per heavy atom. The number of benzene rings is 1. The van der Waals surface area contributed by atoms with Crippen LogP contribution in [0.4, 0.5) is 4.39 Å². The minimum absolute atomic E-state index is 0.0599. The maximum absolute atomic E-state index is 13.3. The van der Waals surface area contributed by atoms with Gasteiger partial charge in [-0.1, -0.05) is 0 Å². The number of rotatable bonds is 2. The first-order chi connectivity index (χ1) is 6.66. The molecule has 76 valence electrons. The largest absolute Gasteiger partial charge is 0.453 e. The number of halogens is 1. The summed E-state index contributed by atoms with van der Waals surface area (Å²) in [4.78, 5) is 0. The van der Waals surface area contributed by atoms with E-state index in [1.807, 2.05) is 0 Å². The Hall–Kier alpha value is -1.29. The zero-order valence-corrected chi connectivity index (χ0v) is 7.79. The molecule has 14 heavy (non-hydrogen) atoms. The molecule has 0 amide bonds. The van der Waals surface area contributed by atoms with E-state index in [1.165, 1.54) is 6.07 Å². The van der Waals surface area contributed by atoms with E-state index in [0.29, 0.717) is 17.7 Å². The summed E-state index contributed by atoms with van der Waals surface area (Å²) >= 11 is 0. The van der Waals surface area contributed by atoms with Crippen molar-refractivity contribution in [3.05, 3.63) is 23.5 Å². The molecule has 1 atom stereocenters. The molecule has 1 aliphatic heterocycles. The molecule has 0 saturated heterocycles. The van der Waals surface area contributed by atoms with Crippen LogP contribution >= 0.6 is 0 Å². The molecule has 0 aliphatic carbocycles. The zero-order valence-electron chi connectivity index (χ0n) is 7.79. The smallest absolute Gasteiger partial charge is 0.231 e. The van der Waals surface area contributed by atoms with Gasteiger partial charge in [0.15, 0.2) is 11.6 Å². The predicted molar refractivity (Wildman–Crippen MR) is 47.9 cm³/mol. The Balaban J connectivity index is 2.32. The fourth-order valence-corrected chi connectivity index (χ4v) is 1.48. The quantitative estimate of drug-likeness (QED) is 0.782. The number of ether oxygens (including phenoxy) is 2. The summed E-state index contributed by atoms with van der Waals surface area (Å²) in [6.07, 6.45) is -0.0807. The van der Waals surface area contributed by atoms with Gasteiger partial charge in [-0.2, -0.15) is 0 Å². The standard InChI is InChI=1S/C10H11FO3/c1-6(12)2-7-3-8(11)10-9(4-7)13-5-14-10/h3-4,6,12H,2,5H2,1H3. The molecule has 0 saturated carbocycles. The molecule has 1 unspecified atom stereocenters. The molecule has 1 N–H and O–H groups in total. The monoisotopic (exact) mass is 198 g/mol. The van der Waals surface area contributed by atoms with E-state index < -0.39 is 11.9 Å². The van der Waals surface area contributed by atoms with Crippen LogP contribution in [0.5, 0.6) is 11.5 Å². The van der Waals surface area contributed by atoms with Crippen molar-refractivity contribution in [1.82, 2.24) is 0 Å². The fourth-order valence-electron chi connectivity index (χ4n) is 1.48. The van der Waals surface area contributed by atoms with E-state index in [2.05, 4.69) is 0 Å². The molecule has 0 fully saturated rings. The average molecular weight is 198 g/mol. The summed E-state index contributed by atoms with van der Waals surface area (Å²) in [6.45, 7) is 1.72. The fraction of sp³-hybridized carbons (Fsp3) is 0.400. The number of hydrogen-bond donors (Lipinski definition) is 1. The highest BCUT2D eigenvalue weighted by Crippen LogP contribution is 2.35. The lowest BCUT2D eigenvalue weighted by Gasteiger charge is -2.05. The predicted octanol–water partition coefficient (Wildman–Crippen LogP) is 1.48. The van der Waals surface area contributed by atoms with Crippen molar-refractivity contribution in [1.29, 1.82) is 0 Å². The Bertz CT molecular complexity index is 349. The van der Waals surface area contributed by atoms with E-state index in [0.717, 1.165) is 0 Å². The first kappa shape index (κ1) is 9.27. The normalized spacial score (nSPS) is 15.6. The Morgan fingerprint density at radius 1 is 1.50 bits per heavy atom. The molecule has 3 nitrogen and oxygen atoms in total. The summed E-state index contributed by atoms with van der Waals surface area (Å²) < 4.78 is 23.3. The van der Waals surface area contributed by atoms with Crippen LogP contribution in [0.15, 0.2) is 12.1 Å². The molecule has 0 spiro atoms. The van der Waals surface area contributed by atoms with Crippen molar-refractivity contribution in [2.24, 2.45) is 0 Å². The van der Waals surface area contributed by atoms with E-state index in [4.69, 9.17) is 14.6 Å². The molecular formula is C10H11FO3. The maximum atomic E-state index is 13.3. The second-order valence-corrected chi connectivity index (χ2v) is 3.36. The topological polar surface area (TPSA) is 38.7 Å². The van der Waals surface area contributed by atoms with Crippen LogP contribution in [0.1, 0.15) is 12.5 Å². The summed E-state index contributed by atoms with van der Waals surface area (Å²) in [5, 5.41) is 9.15. The van der Waals surface area contributed by atoms with E-state index in [9.17, 15) is 4.39 Å². The van der Waals surface area contributed by atoms with Gasteiger partial charge in [-0.15, -0.1) is 0 Å². The van der Waals surface area contributed by atoms with E-state index in [1.54, 1.807) is 13.0 Å². The van der Waals surface area contributed by atoms with Crippen molar-refractivity contribution >= 4 is 0 Å². The first-order valence-corrected chi connectivity index (χ1v) is 4.43. The highest BCUT2D eigenvalue weighted by atomic mass is 19.1.